The molecule has 0 spiro atoms. The molecule has 0 aromatic carbocycles. The summed E-state index contributed by atoms with van der Waals surface area (Å²) < 4.78 is 12.4. The molecule has 1 atom stereocenters. The molecule has 0 saturated carbocycles. The highest BCUT2D eigenvalue weighted by molar-refractivity contribution is 5.80. The van der Waals surface area contributed by atoms with Crippen LogP contribution in [-0.4, -0.2) is 58.6 Å². The third-order valence-corrected chi connectivity index (χ3v) is 4.40. The number of hydrogen-bond donors (Lipinski definition) is 0. The van der Waals surface area contributed by atoms with E-state index in [9.17, 15) is 9.59 Å². The number of aromatic nitrogens is 2. The molecule has 7 nitrogen and oxygen atoms in total. The molecule has 7 heteroatoms. The van der Waals surface area contributed by atoms with E-state index in [2.05, 4.69) is 4.98 Å². The van der Waals surface area contributed by atoms with Crippen molar-refractivity contribution in [1.82, 2.24) is 14.3 Å². The summed E-state index contributed by atoms with van der Waals surface area (Å²) in [5.74, 6) is -0.331. The number of ether oxygens (including phenoxy) is 2. The van der Waals surface area contributed by atoms with E-state index in [0.717, 1.165) is 16.9 Å². The minimum atomic E-state index is -0.304. The van der Waals surface area contributed by atoms with Crippen LogP contribution in [0.2, 0.25) is 0 Å². The third-order valence-electron chi connectivity index (χ3n) is 4.40. The molecule has 2 aromatic rings. The molecule has 0 aliphatic carbocycles. The molecule has 1 fully saturated rings. The molecule has 1 aliphatic heterocycles. The van der Waals surface area contributed by atoms with Crippen molar-refractivity contribution in [2.24, 2.45) is 0 Å². The summed E-state index contributed by atoms with van der Waals surface area (Å²) in [7, 11) is 0. The Labute approximate surface area is 146 Å². The Morgan fingerprint density at radius 3 is 3.08 bits per heavy atom. The van der Waals surface area contributed by atoms with Crippen molar-refractivity contribution < 1.29 is 19.1 Å². The van der Waals surface area contributed by atoms with Crippen molar-refractivity contribution in [3.05, 3.63) is 35.8 Å². The molecule has 1 unspecified atom stereocenters. The van der Waals surface area contributed by atoms with Gasteiger partial charge in [-0.05, 0) is 25.5 Å². The monoisotopic (exact) mass is 345 g/mol. The average molecular weight is 345 g/mol. The Morgan fingerprint density at radius 1 is 1.44 bits per heavy atom. The molecule has 1 aliphatic rings. The molecule has 1 amide bonds. The normalized spacial score (nSPS) is 17.7. The van der Waals surface area contributed by atoms with E-state index in [-0.39, 0.29) is 30.8 Å². The number of fused-ring (bicyclic) bond motifs is 1. The van der Waals surface area contributed by atoms with E-state index in [1.165, 1.54) is 0 Å². The summed E-state index contributed by atoms with van der Waals surface area (Å²) in [5, 5.41) is 0. The number of hydrogen-bond acceptors (Lipinski definition) is 5. The SMILES string of the molecule is CCOC(=O)CC1COCCN1C(=O)Cc1cnc2c(C)cccn12. The lowest BCUT2D eigenvalue weighted by atomic mass is 10.1. The van der Waals surface area contributed by atoms with Crippen LogP contribution in [0.5, 0.6) is 0 Å². The zero-order chi connectivity index (χ0) is 17.8. The number of amides is 1. The molecule has 0 bridgehead atoms. The van der Waals surface area contributed by atoms with E-state index in [4.69, 9.17) is 9.47 Å². The van der Waals surface area contributed by atoms with Gasteiger partial charge in [-0.3, -0.25) is 9.59 Å². The maximum Gasteiger partial charge on any atom is 0.307 e. The van der Waals surface area contributed by atoms with Gasteiger partial charge in [0.1, 0.15) is 5.65 Å². The predicted molar refractivity (Wildman–Crippen MR) is 91.2 cm³/mol. The van der Waals surface area contributed by atoms with Crippen LogP contribution in [0, 0.1) is 6.92 Å². The molecule has 3 rings (SSSR count). The summed E-state index contributed by atoms with van der Waals surface area (Å²) in [4.78, 5) is 30.7. The van der Waals surface area contributed by atoms with Gasteiger partial charge in [0.2, 0.25) is 5.91 Å². The molecule has 1 saturated heterocycles. The van der Waals surface area contributed by atoms with E-state index >= 15 is 0 Å². The number of nitrogens with zero attached hydrogens (tertiary/aromatic N) is 3. The highest BCUT2D eigenvalue weighted by atomic mass is 16.5. The number of carbonyl (C=O) groups excluding carboxylic acids is 2. The summed E-state index contributed by atoms with van der Waals surface area (Å²) >= 11 is 0. The molecule has 134 valence electrons. The highest BCUT2D eigenvalue weighted by Gasteiger charge is 2.30. The van der Waals surface area contributed by atoms with Gasteiger partial charge >= 0.3 is 5.97 Å². The first-order chi connectivity index (χ1) is 12.1. The Kier molecular flexibility index (Phi) is 5.33. The van der Waals surface area contributed by atoms with E-state index < -0.39 is 0 Å². The van der Waals surface area contributed by atoms with Crippen LogP contribution in [0.3, 0.4) is 0 Å². The molecule has 3 heterocycles. The minimum absolute atomic E-state index is 0.0269. The van der Waals surface area contributed by atoms with E-state index in [1.807, 2.05) is 29.7 Å². The first-order valence-electron chi connectivity index (χ1n) is 8.54. The maximum absolute atomic E-state index is 12.8. The lowest BCUT2D eigenvalue weighted by Gasteiger charge is -2.35. The van der Waals surface area contributed by atoms with Crippen LogP contribution < -0.4 is 0 Å². The average Bonchev–Trinajstić information content (AvgIpc) is 3.00. The van der Waals surface area contributed by atoms with Crippen molar-refractivity contribution in [2.45, 2.75) is 32.7 Å². The number of morpholine rings is 1. The van der Waals surface area contributed by atoms with Gasteiger partial charge in [0.25, 0.3) is 0 Å². The van der Waals surface area contributed by atoms with Gasteiger partial charge in [-0.1, -0.05) is 6.07 Å². The summed E-state index contributed by atoms with van der Waals surface area (Å²) in [6.45, 7) is 5.42. The highest BCUT2D eigenvalue weighted by Crippen LogP contribution is 2.16. The van der Waals surface area contributed by atoms with Gasteiger partial charge < -0.3 is 18.8 Å². The molecule has 2 aromatic heterocycles. The summed E-state index contributed by atoms with van der Waals surface area (Å²) in [6, 6.07) is 3.66. The number of rotatable bonds is 5. The standard InChI is InChI=1S/C18H23N3O4/c1-3-25-17(23)10-15-12-24-8-7-20(15)16(22)9-14-11-19-18-13(2)5-4-6-21(14)18/h4-6,11,15H,3,7-10,12H2,1-2H3. The van der Waals surface area contributed by atoms with Crippen LogP contribution in [-0.2, 0) is 25.5 Å². The Balaban J connectivity index is 1.73. The van der Waals surface area contributed by atoms with E-state index in [0.29, 0.717) is 26.4 Å². The topological polar surface area (TPSA) is 73.1 Å². The second-order valence-corrected chi connectivity index (χ2v) is 6.14. The molecular weight excluding hydrogens is 322 g/mol. The molecular formula is C18H23N3O4. The minimum Gasteiger partial charge on any atom is -0.466 e. The smallest absolute Gasteiger partial charge is 0.307 e. The first-order valence-corrected chi connectivity index (χ1v) is 8.54. The Morgan fingerprint density at radius 2 is 2.28 bits per heavy atom. The number of esters is 1. The van der Waals surface area contributed by atoms with Crippen molar-refractivity contribution in [3.8, 4) is 0 Å². The second kappa shape index (κ2) is 7.65. The maximum atomic E-state index is 12.8. The molecule has 25 heavy (non-hydrogen) atoms. The molecule has 0 radical (unpaired) electrons. The van der Waals surface area contributed by atoms with Gasteiger partial charge in [-0.15, -0.1) is 0 Å². The first kappa shape index (κ1) is 17.4. The van der Waals surface area contributed by atoms with E-state index in [1.54, 1.807) is 18.0 Å². The molecule has 0 N–H and O–H groups in total. The number of imidazole rings is 1. The van der Waals surface area contributed by atoms with Crippen LogP contribution in [0.25, 0.3) is 5.65 Å². The predicted octanol–water partition coefficient (Wildman–Crippen LogP) is 1.37. The fraction of sp³-hybridized carbons (Fsp3) is 0.500. The fourth-order valence-electron chi connectivity index (χ4n) is 3.15. The largest absolute Gasteiger partial charge is 0.466 e. The Bertz CT molecular complexity index is 771. The zero-order valence-corrected chi connectivity index (χ0v) is 14.6. The summed E-state index contributed by atoms with van der Waals surface area (Å²) in [6.07, 6.45) is 4.05. The lowest BCUT2D eigenvalue weighted by Crippen LogP contribution is -2.50. The van der Waals surface area contributed by atoms with Gasteiger partial charge in [0, 0.05) is 18.9 Å². The second-order valence-electron chi connectivity index (χ2n) is 6.14. The van der Waals surface area contributed by atoms with Gasteiger partial charge in [-0.2, -0.15) is 0 Å². The van der Waals surface area contributed by atoms with Crippen LogP contribution in [0.15, 0.2) is 24.5 Å². The van der Waals surface area contributed by atoms with Crippen molar-refractivity contribution in [2.75, 3.05) is 26.4 Å². The number of pyridine rings is 1. The van der Waals surface area contributed by atoms with Crippen molar-refractivity contribution >= 4 is 17.5 Å². The third kappa shape index (κ3) is 3.82. The quantitative estimate of drug-likeness (QED) is 0.765. The van der Waals surface area contributed by atoms with Crippen LogP contribution in [0.1, 0.15) is 24.6 Å². The van der Waals surface area contributed by atoms with Gasteiger partial charge in [0.05, 0.1) is 44.4 Å². The van der Waals surface area contributed by atoms with Gasteiger partial charge in [-0.25, -0.2) is 4.98 Å². The summed E-state index contributed by atoms with van der Waals surface area (Å²) in [5.41, 5.74) is 2.76. The van der Waals surface area contributed by atoms with Gasteiger partial charge in [0.15, 0.2) is 0 Å². The number of carbonyl (C=O) groups is 2. The van der Waals surface area contributed by atoms with Crippen molar-refractivity contribution in [3.63, 3.8) is 0 Å². The Hall–Kier alpha value is -2.41. The number of aryl methyl sites for hydroxylation is 1. The fourth-order valence-corrected chi connectivity index (χ4v) is 3.15. The van der Waals surface area contributed by atoms with Crippen molar-refractivity contribution in [1.29, 1.82) is 0 Å². The lowest BCUT2D eigenvalue weighted by molar-refractivity contribution is -0.149. The van der Waals surface area contributed by atoms with Crippen LogP contribution >= 0.6 is 0 Å². The van der Waals surface area contributed by atoms with Crippen LogP contribution in [0.4, 0.5) is 0 Å². The zero-order valence-electron chi connectivity index (χ0n) is 14.6.